The van der Waals surface area contributed by atoms with Gasteiger partial charge < -0.3 is 5.11 Å². The molecule has 1 aliphatic heterocycles. The Morgan fingerprint density at radius 2 is 2.06 bits per heavy atom. The summed E-state index contributed by atoms with van der Waals surface area (Å²) in [7, 11) is 0. The van der Waals surface area contributed by atoms with Crippen molar-refractivity contribution in [1.29, 1.82) is 0 Å². The van der Waals surface area contributed by atoms with Crippen LogP contribution in [-0.2, 0) is 6.54 Å². The number of hydrogen-bond donors (Lipinski definition) is 1. The van der Waals surface area contributed by atoms with Gasteiger partial charge in [-0.05, 0) is 38.8 Å². The second-order valence-electron chi connectivity index (χ2n) is 4.87. The highest BCUT2D eigenvalue weighted by molar-refractivity contribution is 7.13. The first-order chi connectivity index (χ1) is 8.08. The molecule has 1 fully saturated rings. The molecule has 0 saturated carbocycles. The summed E-state index contributed by atoms with van der Waals surface area (Å²) in [5.74, 6) is -0.819. The zero-order valence-electron chi connectivity index (χ0n) is 10.3. The number of carboxylic acids is 1. The smallest absolute Gasteiger partial charge is 0.345 e. The number of carboxylic acid groups (broad SMARTS) is 1. The number of thiophene rings is 1. The summed E-state index contributed by atoms with van der Waals surface area (Å²) >= 11 is 1.40. The fraction of sp³-hybridized carbons (Fsp3) is 0.615. The highest BCUT2D eigenvalue weighted by atomic mass is 32.1. The van der Waals surface area contributed by atoms with Crippen LogP contribution in [0.1, 0.15) is 47.7 Å². The predicted octanol–water partition coefficient (Wildman–Crippen LogP) is 3.21. The van der Waals surface area contributed by atoms with Gasteiger partial charge in [0.1, 0.15) is 4.88 Å². The number of piperidine rings is 1. The lowest BCUT2D eigenvalue weighted by Gasteiger charge is -2.38. The van der Waals surface area contributed by atoms with E-state index in [1.165, 1.54) is 30.6 Å². The van der Waals surface area contributed by atoms with Gasteiger partial charge in [0.2, 0.25) is 0 Å². The maximum Gasteiger partial charge on any atom is 0.345 e. The van der Waals surface area contributed by atoms with Crippen LogP contribution in [0.25, 0.3) is 0 Å². The molecule has 2 atom stereocenters. The Hall–Kier alpha value is -0.870. The van der Waals surface area contributed by atoms with Crippen molar-refractivity contribution in [2.24, 2.45) is 0 Å². The summed E-state index contributed by atoms with van der Waals surface area (Å²) < 4.78 is 0. The molecule has 0 radical (unpaired) electrons. The van der Waals surface area contributed by atoms with Gasteiger partial charge in [0.15, 0.2) is 0 Å². The molecule has 1 aromatic rings. The van der Waals surface area contributed by atoms with Crippen molar-refractivity contribution in [3.05, 3.63) is 21.9 Å². The summed E-state index contributed by atoms with van der Waals surface area (Å²) in [5, 5.41) is 8.90. The van der Waals surface area contributed by atoms with Gasteiger partial charge in [-0.1, -0.05) is 6.42 Å². The highest BCUT2D eigenvalue weighted by Gasteiger charge is 2.25. The van der Waals surface area contributed by atoms with Crippen LogP contribution in [0.4, 0.5) is 0 Å². The van der Waals surface area contributed by atoms with Gasteiger partial charge in [-0.25, -0.2) is 4.79 Å². The van der Waals surface area contributed by atoms with Crippen molar-refractivity contribution in [2.75, 3.05) is 0 Å². The molecule has 17 heavy (non-hydrogen) atoms. The third kappa shape index (κ3) is 2.87. The molecule has 1 saturated heterocycles. The number of hydrogen-bond acceptors (Lipinski definition) is 3. The van der Waals surface area contributed by atoms with Crippen molar-refractivity contribution in [3.8, 4) is 0 Å². The lowest BCUT2D eigenvalue weighted by Crippen LogP contribution is -2.42. The van der Waals surface area contributed by atoms with E-state index in [1.807, 2.05) is 6.07 Å². The second-order valence-corrected chi connectivity index (χ2v) is 6.04. The number of nitrogens with zero attached hydrogens (tertiary/aromatic N) is 1. The molecule has 4 heteroatoms. The molecule has 0 amide bonds. The summed E-state index contributed by atoms with van der Waals surface area (Å²) in [5.41, 5.74) is 0. The van der Waals surface area contributed by atoms with Gasteiger partial charge in [0.25, 0.3) is 0 Å². The third-order valence-electron chi connectivity index (χ3n) is 3.59. The number of aromatic carboxylic acids is 1. The maximum absolute atomic E-state index is 10.8. The first-order valence-corrected chi connectivity index (χ1v) is 6.97. The average Bonchev–Trinajstić information content (AvgIpc) is 2.72. The van der Waals surface area contributed by atoms with E-state index in [2.05, 4.69) is 18.7 Å². The number of carbonyl (C=O) groups is 1. The first kappa shape index (κ1) is 12.6. The van der Waals surface area contributed by atoms with Crippen LogP contribution in [0.2, 0.25) is 0 Å². The number of likely N-dealkylation sites (tertiary alicyclic amines) is 1. The summed E-state index contributed by atoms with van der Waals surface area (Å²) in [6.07, 6.45) is 3.81. The third-order valence-corrected chi connectivity index (χ3v) is 4.64. The summed E-state index contributed by atoms with van der Waals surface area (Å²) in [6, 6.07) is 4.87. The molecular formula is C13H19NO2S. The van der Waals surface area contributed by atoms with Gasteiger partial charge in [-0.15, -0.1) is 11.3 Å². The first-order valence-electron chi connectivity index (χ1n) is 6.15. The average molecular weight is 253 g/mol. The Morgan fingerprint density at radius 3 is 2.59 bits per heavy atom. The number of rotatable bonds is 3. The van der Waals surface area contributed by atoms with Crippen LogP contribution in [0.5, 0.6) is 0 Å². The van der Waals surface area contributed by atoms with Crippen LogP contribution in [0, 0.1) is 0 Å². The minimum absolute atomic E-state index is 0.442. The van der Waals surface area contributed by atoms with Crippen molar-refractivity contribution in [1.82, 2.24) is 4.90 Å². The minimum atomic E-state index is -0.819. The van der Waals surface area contributed by atoms with E-state index in [0.29, 0.717) is 17.0 Å². The molecule has 1 aliphatic rings. The van der Waals surface area contributed by atoms with E-state index in [4.69, 9.17) is 5.11 Å². The standard InChI is InChI=1S/C13H19NO2S/c1-9-4-3-5-10(2)14(9)8-11-6-7-12(17-11)13(15)16/h6-7,9-10H,3-5,8H2,1-2H3,(H,15,16)/t9-,10+. The molecule has 2 heterocycles. The van der Waals surface area contributed by atoms with Crippen LogP contribution >= 0.6 is 11.3 Å². The van der Waals surface area contributed by atoms with Crippen LogP contribution in [0.3, 0.4) is 0 Å². The van der Waals surface area contributed by atoms with Crippen molar-refractivity contribution < 1.29 is 9.90 Å². The molecule has 0 spiro atoms. The molecule has 0 aromatic carbocycles. The van der Waals surface area contributed by atoms with Gasteiger partial charge >= 0.3 is 5.97 Å². The molecule has 0 aliphatic carbocycles. The maximum atomic E-state index is 10.8. The second kappa shape index (κ2) is 5.19. The van der Waals surface area contributed by atoms with Gasteiger partial charge in [0.05, 0.1) is 0 Å². The van der Waals surface area contributed by atoms with Gasteiger partial charge in [0, 0.05) is 23.5 Å². The molecule has 94 valence electrons. The largest absolute Gasteiger partial charge is 0.477 e. The van der Waals surface area contributed by atoms with E-state index in [-0.39, 0.29) is 0 Å². The SMILES string of the molecule is C[C@@H]1CCC[C@H](C)N1Cc1ccc(C(=O)O)s1. The van der Waals surface area contributed by atoms with Crippen molar-refractivity contribution >= 4 is 17.3 Å². The molecule has 0 bridgehead atoms. The Kier molecular flexibility index (Phi) is 3.84. The van der Waals surface area contributed by atoms with Crippen molar-refractivity contribution in [3.63, 3.8) is 0 Å². The Bertz CT molecular complexity index is 392. The quantitative estimate of drug-likeness (QED) is 0.899. The normalized spacial score (nSPS) is 26.0. The molecule has 1 aromatic heterocycles. The zero-order valence-corrected chi connectivity index (χ0v) is 11.2. The van der Waals surface area contributed by atoms with E-state index >= 15 is 0 Å². The molecule has 2 rings (SSSR count). The zero-order chi connectivity index (χ0) is 12.4. The fourth-order valence-corrected chi connectivity index (χ4v) is 3.40. The molecule has 3 nitrogen and oxygen atoms in total. The lowest BCUT2D eigenvalue weighted by molar-refractivity contribution is 0.0702. The van der Waals surface area contributed by atoms with Crippen LogP contribution in [0.15, 0.2) is 12.1 Å². The van der Waals surface area contributed by atoms with Gasteiger partial charge in [-0.3, -0.25) is 4.90 Å². The van der Waals surface area contributed by atoms with Gasteiger partial charge in [-0.2, -0.15) is 0 Å². The summed E-state index contributed by atoms with van der Waals surface area (Å²) in [4.78, 5) is 14.9. The molecular weight excluding hydrogens is 234 g/mol. The monoisotopic (exact) mass is 253 g/mol. The lowest BCUT2D eigenvalue weighted by atomic mass is 9.97. The van der Waals surface area contributed by atoms with E-state index < -0.39 is 5.97 Å². The van der Waals surface area contributed by atoms with E-state index in [9.17, 15) is 4.79 Å². The fourth-order valence-electron chi connectivity index (χ4n) is 2.54. The Labute approximate surface area is 106 Å². The minimum Gasteiger partial charge on any atom is -0.477 e. The Morgan fingerprint density at radius 1 is 1.41 bits per heavy atom. The predicted molar refractivity (Wildman–Crippen MR) is 69.6 cm³/mol. The Balaban J connectivity index is 2.05. The molecule has 1 N–H and O–H groups in total. The van der Waals surface area contributed by atoms with Crippen LogP contribution < -0.4 is 0 Å². The summed E-state index contributed by atoms with van der Waals surface area (Å²) in [6.45, 7) is 5.42. The van der Waals surface area contributed by atoms with E-state index in [0.717, 1.165) is 11.4 Å². The topological polar surface area (TPSA) is 40.5 Å². The molecule has 0 unspecified atom stereocenters. The van der Waals surface area contributed by atoms with Crippen molar-refractivity contribution in [2.45, 2.75) is 51.7 Å². The highest BCUT2D eigenvalue weighted by Crippen LogP contribution is 2.27. The van der Waals surface area contributed by atoms with Crippen LogP contribution in [-0.4, -0.2) is 28.1 Å². The van der Waals surface area contributed by atoms with E-state index in [1.54, 1.807) is 6.07 Å².